The number of ketones is 1. The van der Waals surface area contributed by atoms with E-state index in [0.29, 0.717) is 18.3 Å². The third-order valence-electron chi connectivity index (χ3n) is 4.85. The zero-order valence-electron chi connectivity index (χ0n) is 15.2. The van der Waals surface area contributed by atoms with Crippen molar-refractivity contribution in [2.75, 3.05) is 5.75 Å². The van der Waals surface area contributed by atoms with Crippen molar-refractivity contribution in [3.63, 3.8) is 0 Å². The number of aromatic nitrogens is 5. The molecular formula is C19H20ClN5OS. The number of hydrogen-bond donors (Lipinski definition) is 0. The summed E-state index contributed by atoms with van der Waals surface area (Å²) in [6, 6.07) is 10.1. The van der Waals surface area contributed by atoms with Gasteiger partial charge in [-0.15, -0.1) is 5.10 Å². The van der Waals surface area contributed by atoms with E-state index in [4.69, 9.17) is 11.6 Å². The molecule has 0 radical (unpaired) electrons. The third-order valence-corrected chi connectivity index (χ3v) is 6.15. The molecule has 1 aliphatic rings. The molecule has 0 unspecified atom stereocenters. The van der Waals surface area contributed by atoms with E-state index in [1.54, 1.807) is 0 Å². The van der Waals surface area contributed by atoms with E-state index in [9.17, 15) is 4.79 Å². The van der Waals surface area contributed by atoms with Crippen molar-refractivity contribution in [3.8, 4) is 0 Å². The molecule has 0 atom stereocenters. The summed E-state index contributed by atoms with van der Waals surface area (Å²) >= 11 is 7.70. The van der Waals surface area contributed by atoms with E-state index in [-0.39, 0.29) is 5.78 Å². The first-order valence-electron chi connectivity index (χ1n) is 8.88. The van der Waals surface area contributed by atoms with Gasteiger partial charge in [0.1, 0.15) is 0 Å². The number of aryl methyl sites for hydroxylation is 1. The number of halogens is 1. The predicted octanol–water partition coefficient (Wildman–Crippen LogP) is 4.10. The van der Waals surface area contributed by atoms with Gasteiger partial charge in [0.25, 0.3) is 0 Å². The Bertz CT molecular complexity index is 992. The molecule has 0 amide bonds. The first kappa shape index (κ1) is 18.3. The highest BCUT2D eigenvalue weighted by Crippen LogP contribution is 2.36. The zero-order valence-corrected chi connectivity index (χ0v) is 16.8. The van der Waals surface area contributed by atoms with Gasteiger partial charge in [0.2, 0.25) is 5.16 Å². The Kier molecular flexibility index (Phi) is 5.06. The van der Waals surface area contributed by atoms with E-state index in [0.717, 1.165) is 45.5 Å². The minimum Gasteiger partial charge on any atom is -0.344 e. The van der Waals surface area contributed by atoms with Crippen LogP contribution in [0.1, 0.15) is 46.2 Å². The van der Waals surface area contributed by atoms with Gasteiger partial charge in [-0.2, -0.15) is 0 Å². The number of carbonyl (C=O) groups is 1. The van der Waals surface area contributed by atoms with E-state index < -0.39 is 0 Å². The van der Waals surface area contributed by atoms with Crippen molar-refractivity contribution < 1.29 is 4.79 Å². The molecule has 0 N–H and O–H groups in total. The summed E-state index contributed by atoms with van der Waals surface area (Å²) in [6.45, 7) is 4.65. The van der Waals surface area contributed by atoms with Crippen molar-refractivity contribution in [1.82, 2.24) is 24.8 Å². The van der Waals surface area contributed by atoms with Gasteiger partial charge in [-0.3, -0.25) is 4.79 Å². The molecule has 4 rings (SSSR count). The average molecular weight is 402 g/mol. The highest BCUT2D eigenvalue weighted by atomic mass is 35.5. The van der Waals surface area contributed by atoms with Gasteiger partial charge in [0.05, 0.1) is 11.8 Å². The van der Waals surface area contributed by atoms with Gasteiger partial charge in [-0.05, 0) is 54.8 Å². The minimum atomic E-state index is 0.0869. The van der Waals surface area contributed by atoms with Crippen LogP contribution >= 0.6 is 23.4 Å². The minimum absolute atomic E-state index is 0.0869. The van der Waals surface area contributed by atoms with Crippen LogP contribution in [0.25, 0.3) is 0 Å². The molecule has 6 nitrogen and oxygen atoms in total. The maximum atomic E-state index is 12.8. The Balaban J connectivity index is 1.49. The number of thioether (sulfide) groups is 1. The Labute approximate surface area is 166 Å². The smallest absolute Gasteiger partial charge is 0.210 e. The number of hydrogen-bond acceptors (Lipinski definition) is 5. The second kappa shape index (κ2) is 7.48. The van der Waals surface area contributed by atoms with Gasteiger partial charge in [0, 0.05) is 28.5 Å². The Hall–Kier alpha value is -2.12. The number of tetrazole rings is 1. The molecule has 8 heteroatoms. The van der Waals surface area contributed by atoms with Crippen LogP contribution in [0.2, 0.25) is 5.02 Å². The average Bonchev–Trinajstić information content (AvgIpc) is 3.33. The molecule has 0 spiro atoms. The van der Waals surface area contributed by atoms with Crippen LogP contribution in [0.5, 0.6) is 0 Å². The molecule has 3 aromatic rings. The predicted molar refractivity (Wildman–Crippen MR) is 106 cm³/mol. The number of benzene rings is 1. The molecule has 0 bridgehead atoms. The monoisotopic (exact) mass is 401 g/mol. The first-order valence-corrected chi connectivity index (χ1v) is 10.2. The molecule has 1 fully saturated rings. The SMILES string of the molecule is Cc1cc(C(=O)CSc2nnnn2C2CC2)c(C)n1Cc1ccccc1Cl. The lowest BCUT2D eigenvalue weighted by atomic mass is 10.2. The van der Waals surface area contributed by atoms with Crippen LogP contribution in [-0.4, -0.2) is 36.3 Å². The zero-order chi connectivity index (χ0) is 19.0. The molecule has 27 heavy (non-hydrogen) atoms. The third kappa shape index (κ3) is 3.80. The summed E-state index contributed by atoms with van der Waals surface area (Å²) in [6.07, 6.45) is 2.21. The maximum absolute atomic E-state index is 12.8. The fourth-order valence-electron chi connectivity index (χ4n) is 3.16. The normalized spacial score (nSPS) is 13.9. The van der Waals surface area contributed by atoms with Gasteiger partial charge < -0.3 is 4.57 Å². The van der Waals surface area contributed by atoms with Crippen LogP contribution in [0.4, 0.5) is 0 Å². The fourth-order valence-corrected chi connectivity index (χ4v) is 4.18. The van der Waals surface area contributed by atoms with E-state index in [1.807, 2.05) is 48.9 Å². The van der Waals surface area contributed by atoms with Crippen LogP contribution in [0, 0.1) is 13.8 Å². The Morgan fingerprint density at radius 2 is 2.07 bits per heavy atom. The van der Waals surface area contributed by atoms with Crippen molar-refractivity contribution >= 4 is 29.1 Å². The second-order valence-corrected chi connectivity index (χ2v) is 8.16. The van der Waals surface area contributed by atoms with E-state index in [2.05, 4.69) is 20.1 Å². The lowest BCUT2D eigenvalue weighted by Crippen LogP contribution is -2.08. The molecule has 1 saturated carbocycles. The van der Waals surface area contributed by atoms with Crippen molar-refractivity contribution in [2.24, 2.45) is 0 Å². The molecule has 1 aromatic carbocycles. The first-order chi connectivity index (χ1) is 13.0. The molecule has 2 aromatic heterocycles. The topological polar surface area (TPSA) is 65.6 Å². The van der Waals surface area contributed by atoms with Crippen LogP contribution in [0.3, 0.4) is 0 Å². The number of nitrogens with zero attached hydrogens (tertiary/aromatic N) is 5. The highest BCUT2D eigenvalue weighted by Gasteiger charge is 2.28. The van der Waals surface area contributed by atoms with Gasteiger partial charge in [0.15, 0.2) is 5.78 Å². The lowest BCUT2D eigenvalue weighted by Gasteiger charge is -2.11. The van der Waals surface area contributed by atoms with Crippen molar-refractivity contribution in [3.05, 3.63) is 57.9 Å². The maximum Gasteiger partial charge on any atom is 0.210 e. The molecule has 0 saturated heterocycles. The Morgan fingerprint density at radius 1 is 1.30 bits per heavy atom. The van der Waals surface area contributed by atoms with E-state index >= 15 is 0 Å². The highest BCUT2D eigenvalue weighted by molar-refractivity contribution is 7.99. The summed E-state index contributed by atoms with van der Waals surface area (Å²) in [5.41, 5.74) is 3.79. The number of Topliss-reactive ketones (excluding diaryl/α,β-unsaturated/α-hetero) is 1. The molecular weight excluding hydrogens is 382 g/mol. The molecule has 0 aliphatic heterocycles. The van der Waals surface area contributed by atoms with E-state index in [1.165, 1.54) is 11.8 Å². The van der Waals surface area contributed by atoms with Crippen LogP contribution < -0.4 is 0 Å². The van der Waals surface area contributed by atoms with Crippen molar-refractivity contribution in [2.45, 2.75) is 44.4 Å². The summed E-state index contributed by atoms with van der Waals surface area (Å²) in [5.74, 6) is 0.410. The standard InChI is InChI=1S/C19H20ClN5OS/c1-12-9-16(13(2)24(12)10-14-5-3-4-6-17(14)20)18(26)11-27-19-21-22-23-25(19)15-7-8-15/h3-6,9,15H,7-8,10-11H2,1-2H3. The van der Waals surface area contributed by atoms with Crippen molar-refractivity contribution in [1.29, 1.82) is 0 Å². The number of rotatable bonds is 7. The van der Waals surface area contributed by atoms with Gasteiger partial charge in [-0.25, -0.2) is 4.68 Å². The molecule has 140 valence electrons. The molecule has 1 aliphatic carbocycles. The van der Waals surface area contributed by atoms with Crippen LogP contribution in [-0.2, 0) is 6.54 Å². The van der Waals surface area contributed by atoms with Gasteiger partial charge >= 0.3 is 0 Å². The molecule has 2 heterocycles. The summed E-state index contributed by atoms with van der Waals surface area (Å²) in [5, 5.41) is 13.3. The summed E-state index contributed by atoms with van der Waals surface area (Å²) < 4.78 is 3.96. The lowest BCUT2D eigenvalue weighted by molar-refractivity contribution is 0.102. The largest absolute Gasteiger partial charge is 0.344 e. The van der Waals surface area contributed by atoms with Crippen LogP contribution in [0.15, 0.2) is 35.5 Å². The second-order valence-electron chi connectivity index (χ2n) is 6.81. The number of carbonyl (C=O) groups excluding carboxylic acids is 1. The Morgan fingerprint density at radius 3 is 2.81 bits per heavy atom. The fraction of sp³-hybridized carbons (Fsp3) is 0.368. The van der Waals surface area contributed by atoms with Gasteiger partial charge in [-0.1, -0.05) is 41.6 Å². The quantitative estimate of drug-likeness (QED) is 0.440. The summed E-state index contributed by atoms with van der Waals surface area (Å²) in [4.78, 5) is 12.8. The summed E-state index contributed by atoms with van der Waals surface area (Å²) in [7, 11) is 0.